The van der Waals surface area contributed by atoms with Crippen LogP contribution < -0.4 is 14.7 Å². The number of amides is 6. The summed E-state index contributed by atoms with van der Waals surface area (Å²) < 4.78 is 0. The zero-order valence-electron chi connectivity index (χ0n) is 24.7. The smallest absolute Gasteiger partial charge is 0.241 e. The van der Waals surface area contributed by atoms with Crippen LogP contribution in [0.2, 0.25) is 0 Å². The Kier molecular flexibility index (Phi) is 5.70. The molecule has 1 saturated carbocycles. The molecule has 4 fully saturated rings. The lowest BCUT2D eigenvalue weighted by Gasteiger charge is -2.50. The van der Waals surface area contributed by atoms with E-state index >= 15 is 0 Å². The maximum Gasteiger partial charge on any atom is 0.241 e. The number of carbonyl (C=O) groups is 6. The van der Waals surface area contributed by atoms with Crippen molar-refractivity contribution < 1.29 is 28.8 Å². The van der Waals surface area contributed by atoms with Crippen LogP contribution in [0.3, 0.4) is 0 Å². The molecule has 3 aliphatic carbocycles. The fourth-order valence-corrected chi connectivity index (χ4v) is 9.61. The van der Waals surface area contributed by atoms with Gasteiger partial charge < -0.3 is 0 Å². The van der Waals surface area contributed by atoms with Crippen molar-refractivity contribution in [2.75, 3.05) is 14.7 Å². The Labute approximate surface area is 264 Å². The lowest BCUT2D eigenvalue weighted by molar-refractivity contribution is -0.129. The van der Waals surface area contributed by atoms with Crippen molar-refractivity contribution in [3.63, 3.8) is 0 Å². The number of fused-ring (bicyclic) bond motifs is 6. The van der Waals surface area contributed by atoms with Crippen LogP contribution in [0.25, 0.3) is 0 Å². The molecule has 0 bridgehead atoms. The topological polar surface area (TPSA) is 112 Å². The molecule has 228 valence electrons. The summed E-state index contributed by atoms with van der Waals surface area (Å²) >= 11 is 0. The zero-order chi connectivity index (χ0) is 31.4. The summed E-state index contributed by atoms with van der Waals surface area (Å²) in [6.07, 6.45) is 0.642. The third-order valence-corrected chi connectivity index (χ3v) is 11.3. The highest BCUT2D eigenvalue weighted by Gasteiger charge is 2.67. The van der Waals surface area contributed by atoms with E-state index in [1.54, 1.807) is 72.8 Å². The van der Waals surface area contributed by atoms with Gasteiger partial charge in [0.25, 0.3) is 0 Å². The number of anilines is 3. The molecule has 3 aromatic carbocycles. The van der Waals surface area contributed by atoms with Gasteiger partial charge in [0.05, 0.1) is 52.6 Å². The van der Waals surface area contributed by atoms with Gasteiger partial charge in [-0.2, -0.15) is 0 Å². The van der Waals surface area contributed by atoms with Gasteiger partial charge in [0.1, 0.15) is 0 Å². The molecule has 3 saturated heterocycles. The Balaban J connectivity index is 1.20. The molecule has 3 aliphatic heterocycles. The number of hydrogen-bond donors (Lipinski definition) is 0. The molecule has 9 rings (SSSR count). The first-order valence-electron chi connectivity index (χ1n) is 15.9. The summed E-state index contributed by atoms with van der Waals surface area (Å²) in [7, 11) is 0. The fourth-order valence-electron chi connectivity index (χ4n) is 9.61. The van der Waals surface area contributed by atoms with Gasteiger partial charge in [-0.25, -0.2) is 4.90 Å². The van der Waals surface area contributed by atoms with Crippen LogP contribution in [0.5, 0.6) is 0 Å². The zero-order valence-corrected chi connectivity index (χ0v) is 24.7. The van der Waals surface area contributed by atoms with E-state index in [9.17, 15) is 28.8 Å². The minimum Gasteiger partial charge on any atom is -0.274 e. The second-order valence-electron chi connectivity index (χ2n) is 13.3. The minimum atomic E-state index is -0.773. The molecule has 3 aromatic rings. The standard InChI is InChI=1S/C37H29N3O6/c41-32-25-16-23-28-22(29(25)35(44)38(32)19-10-4-1-5-11-19)17-26-31(37(46)39(33(26)42)20-12-6-2-7-13-20)24(28)18-27-30(23)36(45)40(34(27)43)21-14-8-3-9-15-21/h1-15,22-23,25-27,29-31H,16-18H2/t22-,23+,25+,26-,27+,29-,30-,31+/m1/s1. The van der Waals surface area contributed by atoms with Crippen molar-refractivity contribution in [1.82, 2.24) is 0 Å². The molecule has 0 unspecified atom stereocenters. The summed E-state index contributed by atoms with van der Waals surface area (Å²) in [6.45, 7) is 0. The molecule has 0 N–H and O–H groups in total. The molecule has 9 nitrogen and oxygen atoms in total. The first-order chi connectivity index (χ1) is 22.4. The third-order valence-electron chi connectivity index (χ3n) is 11.3. The van der Waals surface area contributed by atoms with Crippen LogP contribution >= 0.6 is 0 Å². The SMILES string of the molecule is O=C1[C@H]2C3=C4[C@@H](C[C@H]2C(=O)N1c1ccccc1)[C@H]1C(=O)N(c2ccccc2)C(=O)[C@H]1C[C@@H]4[C@H]1C(=O)N(c2ccccc2)C(=O)[C@H]1C3. The van der Waals surface area contributed by atoms with E-state index in [0.717, 1.165) is 11.1 Å². The molecule has 0 radical (unpaired) electrons. The lowest BCUT2D eigenvalue weighted by Crippen LogP contribution is -2.49. The number of para-hydroxylation sites is 3. The van der Waals surface area contributed by atoms with Crippen LogP contribution in [0.1, 0.15) is 19.3 Å². The monoisotopic (exact) mass is 611 g/mol. The molecular weight excluding hydrogens is 582 g/mol. The van der Waals surface area contributed by atoms with Crippen LogP contribution in [0, 0.1) is 47.3 Å². The number of hydrogen-bond acceptors (Lipinski definition) is 6. The van der Waals surface area contributed by atoms with E-state index < -0.39 is 47.3 Å². The summed E-state index contributed by atoms with van der Waals surface area (Å²) in [5.74, 6) is -7.26. The van der Waals surface area contributed by atoms with Crippen LogP contribution in [0.4, 0.5) is 17.1 Å². The van der Waals surface area contributed by atoms with Crippen molar-refractivity contribution in [1.29, 1.82) is 0 Å². The largest absolute Gasteiger partial charge is 0.274 e. The number of benzene rings is 3. The molecule has 6 amide bonds. The van der Waals surface area contributed by atoms with Gasteiger partial charge in [-0.05, 0) is 67.5 Å². The average Bonchev–Trinajstić information content (AvgIpc) is 3.60. The molecule has 0 aromatic heterocycles. The van der Waals surface area contributed by atoms with Crippen molar-refractivity contribution in [3.05, 3.63) is 102 Å². The van der Waals surface area contributed by atoms with Crippen molar-refractivity contribution >= 4 is 52.5 Å². The fraction of sp³-hybridized carbons (Fsp3) is 0.297. The second-order valence-corrected chi connectivity index (χ2v) is 13.3. The third kappa shape index (κ3) is 3.45. The molecule has 6 aliphatic rings. The van der Waals surface area contributed by atoms with Crippen LogP contribution in [0.15, 0.2) is 102 Å². The van der Waals surface area contributed by atoms with Gasteiger partial charge >= 0.3 is 0 Å². The maximum absolute atomic E-state index is 14.2. The number of allylic oxidation sites excluding steroid dienone is 1. The quantitative estimate of drug-likeness (QED) is 0.325. The van der Waals surface area contributed by atoms with Gasteiger partial charge in [0.15, 0.2) is 0 Å². The predicted molar refractivity (Wildman–Crippen MR) is 166 cm³/mol. The number of imide groups is 3. The maximum atomic E-state index is 14.2. The first kappa shape index (κ1) is 27.2. The van der Waals surface area contributed by atoms with Crippen molar-refractivity contribution in [3.8, 4) is 0 Å². The van der Waals surface area contributed by atoms with Gasteiger partial charge in [-0.1, -0.05) is 65.7 Å². The highest BCUT2D eigenvalue weighted by atomic mass is 16.2. The lowest BCUT2D eigenvalue weighted by atomic mass is 9.51. The summed E-state index contributed by atoms with van der Waals surface area (Å²) in [5, 5.41) is 0. The second kappa shape index (κ2) is 9.66. The van der Waals surface area contributed by atoms with Gasteiger partial charge in [-0.3, -0.25) is 38.6 Å². The minimum absolute atomic E-state index is 0.172. The highest BCUT2D eigenvalue weighted by Crippen LogP contribution is 2.63. The number of carbonyl (C=O) groups excluding carboxylic acids is 6. The van der Waals surface area contributed by atoms with Crippen molar-refractivity contribution in [2.45, 2.75) is 19.3 Å². The summed E-state index contributed by atoms with van der Waals surface area (Å²) in [5.41, 5.74) is 3.02. The molecule has 46 heavy (non-hydrogen) atoms. The van der Waals surface area contributed by atoms with E-state index in [1.165, 1.54) is 14.7 Å². The Bertz CT molecular complexity index is 1900. The van der Waals surface area contributed by atoms with Crippen molar-refractivity contribution in [2.24, 2.45) is 47.3 Å². The first-order valence-corrected chi connectivity index (χ1v) is 15.9. The molecule has 3 heterocycles. The molecule has 9 heteroatoms. The van der Waals surface area contributed by atoms with Crippen LogP contribution in [-0.2, 0) is 28.8 Å². The van der Waals surface area contributed by atoms with Gasteiger partial charge in [0, 0.05) is 0 Å². The summed E-state index contributed by atoms with van der Waals surface area (Å²) in [4.78, 5) is 88.7. The Hall–Kier alpha value is -5.18. The number of rotatable bonds is 3. The Morgan fingerprint density at radius 2 is 0.804 bits per heavy atom. The molecular formula is C37H29N3O6. The Morgan fingerprint density at radius 3 is 1.30 bits per heavy atom. The van der Waals surface area contributed by atoms with Gasteiger partial charge in [-0.15, -0.1) is 0 Å². The normalized spacial score (nSPS) is 33.0. The average molecular weight is 612 g/mol. The van der Waals surface area contributed by atoms with Gasteiger partial charge in [0.2, 0.25) is 35.4 Å². The van der Waals surface area contributed by atoms with Crippen LogP contribution in [-0.4, -0.2) is 35.4 Å². The highest BCUT2D eigenvalue weighted by molar-refractivity contribution is 6.26. The van der Waals surface area contributed by atoms with E-state index in [2.05, 4.69) is 0 Å². The number of nitrogens with zero attached hydrogens (tertiary/aromatic N) is 3. The van der Waals surface area contributed by atoms with E-state index in [-0.39, 0.29) is 54.7 Å². The van der Waals surface area contributed by atoms with E-state index in [1.807, 2.05) is 18.2 Å². The summed E-state index contributed by atoms with van der Waals surface area (Å²) in [6, 6.07) is 26.4. The predicted octanol–water partition coefficient (Wildman–Crippen LogP) is 4.14. The molecule has 0 spiro atoms. The molecule has 8 atom stereocenters. The van der Waals surface area contributed by atoms with E-state index in [0.29, 0.717) is 17.1 Å². The Morgan fingerprint density at radius 1 is 0.413 bits per heavy atom. The van der Waals surface area contributed by atoms with E-state index in [4.69, 9.17) is 0 Å².